The normalized spacial score (nSPS) is 13.3. The van der Waals surface area contributed by atoms with Crippen LogP contribution in [0, 0.1) is 0 Å². The predicted octanol–water partition coefficient (Wildman–Crippen LogP) is 2.00. The second kappa shape index (κ2) is 6.41. The first-order valence-electron chi connectivity index (χ1n) is 5.64. The molecular formula is C12H18ClNO3S. The van der Waals surface area contributed by atoms with Crippen LogP contribution in [0.2, 0.25) is 5.02 Å². The summed E-state index contributed by atoms with van der Waals surface area (Å²) in [6, 6.07) is 4.95. The van der Waals surface area contributed by atoms with E-state index >= 15 is 0 Å². The smallest absolute Gasteiger partial charge is 0.157 e. The summed E-state index contributed by atoms with van der Waals surface area (Å²) in [6.45, 7) is 2.02. The Morgan fingerprint density at radius 1 is 1.44 bits per heavy atom. The average Bonchev–Trinajstić information content (AvgIpc) is 2.29. The van der Waals surface area contributed by atoms with Gasteiger partial charge in [-0.25, -0.2) is 8.42 Å². The summed E-state index contributed by atoms with van der Waals surface area (Å²) in [5.74, 6) is 0.445. The van der Waals surface area contributed by atoms with Crippen molar-refractivity contribution in [1.29, 1.82) is 0 Å². The van der Waals surface area contributed by atoms with Crippen LogP contribution in [-0.2, 0) is 15.6 Å². The number of ether oxygens (including phenoxy) is 1. The average molecular weight is 292 g/mol. The summed E-state index contributed by atoms with van der Waals surface area (Å²) in [5.41, 5.74) is 5.97. The zero-order chi connectivity index (χ0) is 13.8. The van der Waals surface area contributed by atoms with E-state index in [0.29, 0.717) is 29.3 Å². The van der Waals surface area contributed by atoms with Crippen molar-refractivity contribution in [3.63, 3.8) is 0 Å². The van der Waals surface area contributed by atoms with Crippen LogP contribution in [0.1, 0.15) is 18.9 Å². The van der Waals surface area contributed by atoms with Crippen LogP contribution in [0.3, 0.4) is 0 Å². The molecule has 0 aliphatic rings. The molecular weight excluding hydrogens is 274 g/mol. The topological polar surface area (TPSA) is 69.4 Å². The maximum absolute atomic E-state index is 12.1. The summed E-state index contributed by atoms with van der Waals surface area (Å²) in [5, 5.41) is 0.0265. The zero-order valence-electron chi connectivity index (χ0n) is 10.5. The molecule has 6 heteroatoms. The van der Waals surface area contributed by atoms with Crippen LogP contribution in [0.25, 0.3) is 0 Å². The van der Waals surface area contributed by atoms with Gasteiger partial charge in [0.2, 0.25) is 0 Å². The highest BCUT2D eigenvalue weighted by atomic mass is 35.5. The van der Waals surface area contributed by atoms with Crippen LogP contribution < -0.4 is 10.5 Å². The van der Waals surface area contributed by atoms with Gasteiger partial charge >= 0.3 is 0 Å². The van der Waals surface area contributed by atoms with E-state index in [2.05, 4.69) is 0 Å². The Morgan fingerprint density at radius 3 is 2.67 bits per heavy atom. The molecule has 0 radical (unpaired) electrons. The number of hydrogen-bond acceptors (Lipinski definition) is 4. The zero-order valence-corrected chi connectivity index (χ0v) is 12.1. The SMILES string of the molecule is COc1ccc(Cl)cc1CS(=O)(=O)C(C)CCN. The maximum Gasteiger partial charge on any atom is 0.157 e. The molecule has 102 valence electrons. The third-order valence-corrected chi connectivity index (χ3v) is 5.20. The highest BCUT2D eigenvalue weighted by molar-refractivity contribution is 7.91. The molecule has 1 aromatic rings. The Balaban J connectivity index is 3.00. The van der Waals surface area contributed by atoms with E-state index < -0.39 is 15.1 Å². The molecule has 0 bridgehead atoms. The molecule has 0 aliphatic heterocycles. The molecule has 0 saturated carbocycles. The quantitative estimate of drug-likeness (QED) is 0.870. The lowest BCUT2D eigenvalue weighted by Gasteiger charge is -2.14. The first-order chi connectivity index (χ1) is 8.40. The van der Waals surface area contributed by atoms with Gasteiger partial charge in [0.05, 0.1) is 18.1 Å². The summed E-state index contributed by atoms with van der Waals surface area (Å²) >= 11 is 5.87. The molecule has 0 saturated heterocycles. The minimum atomic E-state index is -3.24. The fourth-order valence-electron chi connectivity index (χ4n) is 1.63. The third-order valence-electron chi connectivity index (χ3n) is 2.79. The number of hydrogen-bond donors (Lipinski definition) is 1. The monoisotopic (exact) mass is 291 g/mol. The Bertz CT molecular complexity index is 502. The van der Waals surface area contributed by atoms with E-state index in [-0.39, 0.29) is 5.75 Å². The first-order valence-corrected chi connectivity index (χ1v) is 7.74. The van der Waals surface area contributed by atoms with Gasteiger partial charge in [-0.05, 0) is 38.1 Å². The van der Waals surface area contributed by atoms with Crippen LogP contribution in [0.5, 0.6) is 5.75 Å². The predicted molar refractivity (Wildman–Crippen MR) is 73.8 cm³/mol. The van der Waals surface area contributed by atoms with Crippen molar-refractivity contribution in [1.82, 2.24) is 0 Å². The van der Waals surface area contributed by atoms with Crippen LogP contribution >= 0.6 is 11.6 Å². The van der Waals surface area contributed by atoms with Crippen molar-refractivity contribution in [2.75, 3.05) is 13.7 Å². The first kappa shape index (κ1) is 15.3. The van der Waals surface area contributed by atoms with E-state index in [1.165, 1.54) is 7.11 Å². The Kier molecular flexibility index (Phi) is 5.44. The minimum absolute atomic E-state index is 0.0854. The minimum Gasteiger partial charge on any atom is -0.496 e. The lowest BCUT2D eigenvalue weighted by Crippen LogP contribution is -2.23. The molecule has 0 fully saturated rings. The van der Waals surface area contributed by atoms with Crippen LogP contribution in [0.15, 0.2) is 18.2 Å². The van der Waals surface area contributed by atoms with Crippen LogP contribution in [0.4, 0.5) is 0 Å². The number of halogens is 1. The molecule has 0 spiro atoms. The summed E-state index contributed by atoms with van der Waals surface area (Å²) in [7, 11) is -1.74. The van der Waals surface area contributed by atoms with Gasteiger partial charge in [-0.1, -0.05) is 11.6 Å². The van der Waals surface area contributed by atoms with E-state index in [9.17, 15) is 8.42 Å². The van der Waals surface area contributed by atoms with Gasteiger partial charge in [0.15, 0.2) is 9.84 Å². The lowest BCUT2D eigenvalue weighted by molar-refractivity contribution is 0.411. The third kappa shape index (κ3) is 3.86. The lowest BCUT2D eigenvalue weighted by atomic mass is 10.2. The van der Waals surface area contributed by atoms with E-state index in [4.69, 9.17) is 22.1 Å². The molecule has 18 heavy (non-hydrogen) atoms. The van der Waals surface area contributed by atoms with Crippen molar-refractivity contribution in [2.45, 2.75) is 24.3 Å². The second-order valence-corrected chi connectivity index (χ2v) is 7.01. The molecule has 1 aromatic carbocycles. The van der Waals surface area contributed by atoms with Gasteiger partial charge in [-0.2, -0.15) is 0 Å². The van der Waals surface area contributed by atoms with E-state index in [1.54, 1.807) is 25.1 Å². The van der Waals surface area contributed by atoms with Crippen molar-refractivity contribution < 1.29 is 13.2 Å². The number of benzene rings is 1. The van der Waals surface area contributed by atoms with Crippen molar-refractivity contribution in [2.24, 2.45) is 5.73 Å². The highest BCUT2D eigenvalue weighted by Gasteiger charge is 2.22. The van der Waals surface area contributed by atoms with Crippen molar-refractivity contribution in [3.8, 4) is 5.75 Å². The number of rotatable bonds is 6. The van der Waals surface area contributed by atoms with Gasteiger partial charge in [-0.15, -0.1) is 0 Å². The number of nitrogens with two attached hydrogens (primary N) is 1. The second-order valence-electron chi connectivity index (χ2n) is 4.15. The fraction of sp³-hybridized carbons (Fsp3) is 0.500. The Labute approximate surface area is 113 Å². The molecule has 0 heterocycles. The van der Waals surface area contributed by atoms with Gasteiger partial charge in [0, 0.05) is 10.6 Å². The number of methoxy groups -OCH3 is 1. The van der Waals surface area contributed by atoms with Crippen LogP contribution in [-0.4, -0.2) is 27.3 Å². The Hall–Kier alpha value is -0.780. The molecule has 2 N–H and O–H groups in total. The molecule has 4 nitrogen and oxygen atoms in total. The Morgan fingerprint density at radius 2 is 2.11 bits per heavy atom. The van der Waals surface area contributed by atoms with Gasteiger partial charge in [-0.3, -0.25) is 0 Å². The highest BCUT2D eigenvalue weighted by Crippen LogP contribution is 2.26. The van der Waals surface area contributed by atoms with Crippen molar-refractivity contribution in [3.05, 3.63) is 28.8 Å². The molecule has 0 aliphatic carbocycles. The van der Waals surface area contributed by atoms with Gasteiger partial charge in [0.1, 0.15) is 5.75 Å². The maximum atomic E-state index is 12.1. The molecule has 0 amide bonds. The van der Waals surface area contributed by atoms with Gasteiger partial charge < -0.3 is 10.5 Å². The molecule has 1 rings (SSSR count). The molecule has 1 unspecified atom stereocenters. The van der Waals surface area contributed by atoms with Gasteiger partial charge in [0.25, 0.3) is 0 Å². The fourth-order valence-corrected chi connectivity index (χ4v) is 3.27. The number of sulfone groups is 1. The summed E-state index contributed by atoms with van der Waals surface area (Å²) < 4.78 is 29.4. The summed E-state index contributed by atoms with van der Waals surface area (Å²) in [4.78, 5) is 0. The van der Waals surface area contributed by atoms with E-state index in [1.807, 2.05) is 0 Å². The van der Waals surface area contributed by atoms with Crippen molar-refractivity contribution >= 4 is 21.4 Å². The molecule has 0 aromatic heterocycles. The largest absolute Gasteiger partial charge is 0.496 e. The summed E-state index contributed by atoms with van der Waals surface area (Å²) in [6.07, 6.45) is 0.450. The van der Waals surface area contributed by atoms with E-state index in [0.717, 1.165) is 0 Å². The standard InChI is InChI=1S/C12H18ClNO3S/c1-9(5-6-14)18(15,16)8-10-7-11(13)3-4-12(10)17-2/h3-4,7,9H,5-6,8,14H2,1-2H3. The molecule has 1 atom stereocenters.